The summed E-state index contributed by atoms with van der Waals surface area (Å²) in [4.78, 5) is 14.3. The van der Waals surface area contributed by atoms with Gasteiger partial charge in [0.15, 0.2) is 0 Å². The summed E-state index contributed by atoms with van der Waals surface area (Å²) in [6, 6.07) is 10.2. The number of hydrogen-bond acceptors (Lipinski definition) is 2. The van der Waals surface area contributed by atoms with Gasteiger partial charge in [-0.05, 0) is 50.7 Å². The van der Waals surface area contributed by atoms with Crippen molar-refractivity contribution in [3.05, 3.63) is 30.3 Å². The van der Waals surface area contributed by atoms with E-state index in [9.17, 15) is 4.79 Å². The van der Waals surface area contributed by atoms with Crippen LogP contribution in [0.2, 0.25) is 0 Å². The average Bonchev–Trinajstić information content (AvgIpc) is 2.39. The molecule has 96 valence electrons. The zero-order valence-corrected chi connectivity index (χ0v) is 10.5. The van der Waals surface area contributed by atoms with E-state index in [0.29, 0.717) is 17.8 Å². The van der Waals surface area contributed by atoms with E-state index in [1.165, 1.54) is 12.8 Å². The summed E-state index contributed by atoms with van der Waals surface area (Å²) in [6.45, 7) is 0. The third kappa shape index (κ3) is 2.22. The molecule has 2 fully saturated rings. The highest BCUT2D eigenvalue weighted by Crippen LogP contribution is 2.34. The molecule has 0 aliphatic carbocycles. The van der Waals surface area contributed by atoms with Gasteiger partial charge in [0, 0.05) is 12.1 Å². The Kier molecular flexibility index (Phi) is 3.22. The minimum atomic E-state index is -0.157. The molecule has 0 saturated carbocycles. The van der Waals surface area contributed by atoms with Crippen LogP contribution in [0.15, 0.2) is 30.3 Å². The first-order valence-electron chi connectivity index (χ1n) is 6.90. The number of amides is 1. The Balaban J connectivity index is 1.72. The van der Waals surface area contributed by atoms with Crippen LogP contribution in [0.4, 0.5) is 4.79 Å². The summed E-state index contributed by atoms with van der Waals surface area (Å²) in [5.74, 6) is 0.645. The molecular formula is C15H19NO2. The lowest BCUT2D eigenvalue weighted by Gasteiger charge is -2.45. The van der Waals surface area contributed by atoms with E-state index in [2.05, 4.69) is 0 Å². The molecule has 1 amide bonds. The van der Waals surface area contributed by atoms with Gasteiger partial charge in [-0.1, -0.05) is 18.2 Å². The molecule has 2 aliphatic heterocycles. The van der Waals surface area contributed by atoms with Gasteiger partial charge in [0.1, 0.15) is 5.75 Å². The molecule has 0 aromatic heterocycles. The fourth-order valence-electron chi connectivity index (χ4n) is 3.26. The van der Waals surface area contributed by atoms with Gasteiger partial charge >= 0.3 is 6.09 Å². The van der Waals surface area contributed by atoms with Gasteiger partial charge in [-0.3, -0.25) is 0 Å². The summed E-state index contributed by atoms with van der Waals surface area (Å²) in [5.41, 5.74) is 0. The first-order valence-corrected chi connectivity index (χ1v) is 6.90. The lowest BCUT2D eigenvalue weighted by Crippen LogP contribution is -2.53. The van der Waals surface area contributed by atoms with Crippen LogP contribution in [0.25, 0.3) is 0 Å². The van der Waals surface area contributed by atoms with Crippen LogP contribution in [0.5, 0.6) is 5.75 Å². The molecule has 18 heavy (non-hydrogen) atoms. The smallest absolute Gasteiger partial charge is 0.410 e. The molecule has 2 bridgehead atoms. The fourth-order valence-corrected chi connectivity index (χ4v) is 3.26. The fraction of sp³-hybridized carbons (Fsp3) is 0.533. The highest BCUT2D eigenvalue weighted by atomic mass is 16.6. The molecule has 1 aromatic carbocycles. The number of benzene rings is 1. The second-order valence-corrected chi connectivity index (χ2v) is 5.26. The van der Waals surface area contributed by atoms with Crippen LogP contribution in [-0.4, -0.2) is 23.1 Å². The number of para-hydroxylation sites is 1. The zero-order valence-electron chi connectivity index (χ0n) is 10.5. The van der Waals surface area contributed by atoms with Gasteiger partial charge < -0.3 is 9.64 Å². The number of piperidine rings is 2. The molecule has 2 heterocycles. The van der Waals surface area contributed by atoms with Crippen LogP contribution in [0, 0.1) is 0 Å². The van der Waals surface area contributed by atoms with Gasteiger partial charge in [0.05, 0.1) is 0 Å². The van der Waals surface area contributed by atoms with E-state index in [1.54, 1.807) is 0 Å². The van der Waals surface area contributed by atoms with Crippen LogP contribution in [0.3, 0.4) is 0 Å². The number of ether oxygens (including phenoxy) is 1. The van der Waals surface area contributed by atoms with Gasteiger partial charge in [0.25, 0.3) is 0 Å². The van der Waals surface area contributed by atoms with Gasteiger partial charge in [-0.2, -0.15) is 0 Å². The molecule has 3 heteroatoms. The van der Waals surface area contributed by atoms with E-state index < -0.39 is 0 Å². The summed E-state index contributed by atoms with van der Waals surface area (Å²) in [6.07, 6.45) is 6.91. The van der Waals surface area contributed by atoms with Crippen LogP contribution >= 0.6 is 0 Å². The molecular weight excluding hydrogens is 226 g/mol. The Labute approximate surface area is 108 Å². The molecule has 1 aromatic rings. The zero-order chi connectivity index (χ0) is 12.4. The second kappa shape index (κ2) is 5.01. The molecule has 3 rings (SSSR count). The van der Waals surface area contributed by atoms with Crippen molar-refractivity contribution >= 4 is 6.09 Å². The van der Waals surface area contributed by atoms with Crippen LogP contribution in [-0.2, 0) is 0 Å². The van der Waals surface area contributed by atoms with E-state index in [-0.39, 0.29) is 6.09 Å². The Morgan fingerprint density at radius 3 is 2.11 bits per heavy atom. The quantitative estimate of drug-likeness (QED) is 0.756. The first-order chi connectivity index (χ1) is 8.84. The normalized spacial score (nSPS) is 26.8. The SMILES string of the molecule is O=C(Oc1ccccc1)N1C2CCCC1CCC2. The predicted octanol–water partition coefficient (Wildman–Crippen LogP) is 3.59. The number of hydrogen-bond donors (Lipinski definition) is 0. The second-order valence-electron chi connectivity index (χ2n) is 5.26. The van der Waals surface area contributed by atoms with E-state index >= 15 is 0 Å². The molecule has 0 atom stereocenters. The van der Waals surface area contributed by atoms with Crippen molar-refractivity contribution < 1.29 is 9.53 Å². The Bertz CT molecular complexity index is 396. The maximum atomic E-state index is 12.3. The van der Waals surface area contributed by atoms with Crippen LogP contribution in [0.1, 0.15) is 38.5 Å². The Morgan fingerprint density at radius 2 is 1.56 bits per heavy atom. The van der Waals surface area contributed by atoms with E-state index in [1.807, 2.05) is 35.2 Å². The maximum absolute atomic E-state index is 12.3. The van der Waals surface area contributed by atoms with Crippen molar-refractivity contribution in [2.24, 2.45) is 0 Å². The van der Waals surface area contributed by atoms with Gasteiger partial charge in [0.2, 0.25) is 0 Å². The molecule has 2 saturated heterocycles. The van der Waals surface area contributed by atoms with Crippen molar-refractivity contribution in [2.45, 2.75) is 50.6 Å². The van der Waals surface area contributed by atoms with Crippen molar-refractivity contribution in [1.82, 2.24) is 4.90 Å². The van der Waals surface area contributed by atoms with E-state index in [4.69, 9.17) is 4.74 Å². The van der Waals surface area contributed by atoms with Crippen molar-refractivity contribution in [2.75, 3.05) is 0 Å². The summed E-state index contributed by atoms with van der Waals surface area (Å²) >= 11 is 0. The Morgan fingerprint density at radius 1 is 1.00 bits per heavy atom. The lowest BCUT2D eigenvalue weighted by atomic mass is 9.85. The maximum Gasteiger partial charge on any atom is 0.415 e. The standard InChI is InChI=1S/C15H19NO2/c17-15(18-14-10-2-1-3-11-14)16-12-6-4-7-13(16)9-5-8-12/h1-3,10-13H,4-9H2. The summed E-state index contributed by atoms with van der Waals surface area (Å²) in [7, 11) is 0. The molecule has 0 spiro atoms. The number of rotatable bonds is 1. The summed E-state index contributed by atoms with van der Waals surface area (Å²) in [5, 5.41) is 0. The van der Waals surface area contributed by atoms with Crippen LogP contribution < -0.4 is 4.74 Å². The van der Waals surface area contributed by atoms with E-state index in [0.717, 1.165) is 25.7 Å². The largest absolute Gasteiger partial charge is 0.415 e. The third-order valence-electron chi connectivity index (χ3n) is 4.10. The number of carbonyl (C=O) groups excluding carboxylic acids is 1. The highest BCUT2D eigenvalue weighted by molar-refractivity contribution is 5.71. The average molecular weight is 245 g/mol. The number of carbonyl (C=O) groups is 1. The van der Waals surface area contributed by atoms with Crippen molar-refractivity contribution in [3.63, 3.8) is 0 Å². The molecule has 0 unspecified atom stereocenters. The molecule has 0 radical (unpaired) electrons. The Hall–Kier alpha value is -1.51. The molecule has 0 N–H and O–H groups in total. The topological polar surface area (TPSA) is 29.5 Å². The van der Waals surface area contributed by atoms with Gasteiger partial charge in [-0.15, -0.1) is 0 Å². The molecule has 3 nitrogen and oxygen atoms in total. The monoisotopic (exact) mass is 245 g/mol. The van der Waals surface area contributed by atoms with Crippen molar-refractivity contribution in [3.8, 4) is 5.75 Å². The minimum absolute atomic E-state index is 0.157. The predicted molar refractivity (Wildman–Crippen MR) is 69.6 cm³/mol. The van der Waals surface area contributed by atoms with Gasteiger partial charge in [-0.25, -0.2) is 4.79 Å². The number of nitrogens with zero attached hydrogens (tertiary/aromatic N) is 1. The first kappa shape index (κ1) is 11.6. The minimum Gasteiger partial charge on any atom is -0.410 e. The molecule has 2 aliphatic rings. The third-order valence-corrected chi connectivity index (χ3v) is 4.10. The summed E-state index contributed by atoms with van der Waals surface area (Å²) < 4.78 is 5.48. The van der Waals surface area contributed by atoms with Crippen molar-refractivity contribution in [1.29, 1.82) is 0 Å². The number of fused-ring (bicyclic) bond motifs is 2. The highest BCUT2D eigenvalue weighted by Gasteiger charge is 2.37. The lowest BCUT2D eigenvalue weighted by molar-refractivity contribution is 0.0471.